The summed E-state index contributed by atoms with van der Waals surface area (Å²) in [4.78, 5) is 30.3. The molecule has 3 rings (SSSR count). The molecular weight excluding hydrogens is 401 g/mol. The van der Waals surface area contributed by atoms with Crippen LogP contribution in [0.5, 0.6) is 0 Å². The Balaban J connectivity index is 0.00000280. The quantitative estimate of drug-likeness (QED) is 0.752. The average molecular weight is 430 g/mol. The van der Waals surface area contributed by atoms with Gasteiger partial charge in [0.1, 0.15) is 0 Å². The Morgan fingerprint density at radius 3 is 2.50 bits per heavy atom. The molecule has 0 spiro atoms. The van der Waals surface area contributed by atoms with E-state index < -0.39 is 5.97 Å². The number of likely N-dealkylation sites (N-methyl/N-ethyl adjacent to an activating group) is 1. The number of aliphatic carboxylic acids is 1. The third-order valence-electron chi connectivity index (χ3n) is 5.75. The van der Waals surface area contributed by atoms with Gasteiger partial charge in [0.2, 0.25) is 5.91 Å². The highest BCUT2D eigenvalue weighted by Crippen LogP contribution is 2.31. The molecule has 2 heterocycles. The summed E-state index contributed by atoms with van der Waals surface area (Å²) in [6.07, 6.45) is 3.63. The number of carboxylic acid groups (broad SMARTS) is 1. The van der Waals surface area contributed by atoms with E-state index in [0.717, 1.165) is 51.0 Å². The average Bonchev–Trinajstić information content (AvgIpc) is 2.67. The molecule has 0 saturated carbocycles. The van der Waals surface area contributed by atoms with Gasteiger partial charge in [-0.15, -0.1) is 12.4 Å². The predicted octanol–water partition coefficient (Wildman–Crippen LogP) is 3.13. The molecular formula is C20H29Cl2N3O3. The molecule has 8 heteroatoms. The summed E-state index contributed by atoms with van der Waals surface area (Å²) < 4.78 is 0. The van der Waals surface area contributed by atoms with Gasteiger partial charge in [-0.1, -0.05) is 30.7 Å². The normalized spacial score (nSPS) is 21.6. The van der Waals surface area contributed by atoms with Crippen LogP contribution in [0.2, 0.25) is 5.02 Å². The zero-order chi connectivity index (χ0) is 19.4. The SMILES string of the molecule is CCN(CC(=O)O)C1CCN(C2CCCN(c3ccccc3Cl)C2=O)CC1.Cl. The van der Waals surface area contributed by atoms with Crippen LogP contribution in [0.1, 0.15) is 32.6 Å². The van der Waals surface area contributed by atoms with Crippen LogP contribution in [0.4, 0.5) is 5.69 Å². The molecule has 28 heavy (non-hydrogen) atoms. The number of benzene rings is 1. The standard InChI is InChI=1S/C20H28ClN3O3.ClH/c1-2-22(14-19(25)26)15-9-12-23(13-10-15)18-8-5-11-24(20(18)27)17-7-4-3-6-16(17)21;/h3-4,6-7,15,18H,2,5,8-14H2,1H3,(H,25,26);1H. The molecule has 0 aromatic heterocycles. The number of likely N-dealkylation sites (tertiary alicyclic amines) is 1. The number of carbonyl (C=O) groups excluding carboxylic acids is 1. The van der Waals surface area contributed by atoms with Crippen molar-refractivity contribution in [1.82, 2.24) is 9.80 Å². The van der Waals surface area contributed by atoms with Crippen molar-refractivity contribution >= 4 is 41.6 Å². The van der Waals surface area contributed by atoms with Gasteiger partial charge >= 0.3 is 5.97 Å². The molecule has 156 valence electrons. The van der Waals surface area contributed by atoms with E-state index in [1.165, 1.54) is 0 Å². The number of piperidine rings is 2. The molecule has 0 radical (unpaired) electrons. The molecule has 2 fully saturated rings. The second-order valence-corrected chi connectivity index (χ2v) is 7.73. The number of hydrogen-bond acceptors (Lipinski definition) is 4. The lowest BCUT2D eigenvalue weighted by molar-refractivity contribution is -0.139. The van der Waals surface area contributed by atoms with Crippen LogP contribution in [-0.4, -0.2) is 71.6 Å². The van der Waals surface area contributed by atoms with Crippen LogP contribution in [0.3, 0.4) is 0 Å². The Labute approximate surface area is 177 Å². The van der Waals surface area contributed by atoms with Gasteiger partial charge in [0, 0.05) is 25.7 Å². The first-order valence-corrected chi connectivity index (χ1v) is 10.1. The van der Waals surface area contributed by atoms with E-state index in [9.17, 15) is 9.59 Å². The predicted molar refractivity (Wildman–Crippen MR) is 114 cm³/mol. The van der Waals surface area contributed by atoms with Gasteiger partial charge in [-0.3, -0.25) is 19.4 Å². The van der Waals surface area contributed by atoms with Gasteiger partial charge < -0.3 is 10.0 Å². The second kappa shape index (κ2) is 10.4. The zero-order valence-electron chi connectivity index (χ0n) is 16.2. The van der Waals surface area contributed by atoms with Crippen molar-refractivity contribution in [3.05, 3.63) is 29.3 Å². The fourth-order valence-electron chi connectivity index (χ4n) is 4.34. The lowest BCUT2D eigenvalue weighted by Crippen LogP contribution is -2.56. The maximum absolute atomic E-state index is 13.1. The molecule has 1 atom stereocenters. The molecule has 2 aliphatic heterocycles. The molecule has 2 saturated heterocycles. The summed E-state index contributed by atoms with van der Waals surface area (Å²) in [5, 5.41) is 9.69. The molecule has 1 N–H and O–H groups in total. The molecule has 0 aliphatic carbocycles. The maximum Gasteiger partial charge on any atom is 0.317 e. The molecule has 0 bridgehead atoms. The van der Waals surface area contributed by atoms with E-state index in [0.29, 0.717) is 11.6 Å². The summed E-state index contributed by atoms with van der Waals surface area (Å²) >= 11 is 6.31. The highest BCUT2D eigenvalue weighted by molar-refractivity contribution is 6.33. The van der Waals surface area contributed by atoms with Gasteiger partial charge in [0.05, 0.1) is 23.3 Å². The summed E-state index contributed by atoms with van der Waals surface area (Å²) in [7, 11) is 0. The monoisotopic (exact) mass is 429 g/mol. The number of carboxylic acids is 1. The number of anilines is 1. The van der Waals surface area contributed by atoms with Crippen molar-refractivity contribution in [3.8, 4) is 0 Å². The Morgan fingerprint density at radius 2 is 1.89 bits per heavy atom. The molecule has 6 nitrogen and oxygen atoms in total. The Morgan fingerprint density at radius 1 is 1.21 bits per heavy atom. The van der Waals surface area contributed by atoms with Gasteiger partial charge in [0.15, 0.2) is 0 Å². The lowest BCUT2D eigenvalue weighted by atomic mass is 9.96. The van der Waals surface area contributed by atoms with E-state index in [1.807, 2.05) is 41.0 Å². The zero-order valence-corrected chi connectivity index (χ0v) is 17.8. The van der Waals surface area contributed by atoms with E-state index in [-0.39, 0.29) is 36.9 Å². The fourth-order valence-corrected chi connectivity index (χ4v) is 4.58. The summed E-state index contributed by atoms with van der Waals surface area (Å²) in [6, 6.07) is 7.68. The first kappa shape index (κ1) is 22.9. The first-order valence-electron chi connectivity index (χ1n) is 9.77. The Kier molecular flexibility index (Phi) is 8.56. The van der Waals surface area contributed by atoms with Gasteiger partial charge in [-0.25, -0.2) is 0 Å². The summed E-state index contributed by atoms with van der Waals surface area (Å²) in [5.41, 5.74) is 0.794. The van der Waals surface area contributed by atoms with E-state index >= 15 is 0 Å². The minimum absolute atomic E-state index is 0. The van der Waals surface area contributed by atoms with Crippen molar-refractivity contribution in [2.75, 3.05) is 37.6 Å². The number of amides is 1. The third-order valence-corrected chi connectivity index (χ3v) is 6.07. The lowest BCUT2D eigenvalue weighted by Gasteiger charge is -2.43. The third kappa shape index (κ3) is 5.17. The molecule has 1 aromatic rings. The van der Waals surface area contributed by atoms with Crippen LogP contribution in [0.15, 0.2) is 24.3 Å². The van der Waals surface area contributed by atoms with E-state index in [1.54, 1.807) is 0 Å². The highest BCUT2D eigenvalue weighted by Gasteiger charge is 2.37. The number of rotatable bonds is 6. The number of hydrogen-bond donors (Lipinski definition) is 1. The minimum atomic E-state index is -0.780. The van der Waals surface area contributed by atoms with E-state index in [4.69, 9.17) is 16.7 Å². The van der Waals surface area contributed by atoms with Gasteiger partial charge in [-0.2, -0.15) is 0 Å². The first-order chi connectivity index (χ1) is 13.0. The molecule has 2 aliphatic rings. The number of halogens is 2. The molecule has 1 unspecified atom stereocenters. The topological polar surface area (TPSA) is 64.1 Å². The van der Waals surface area contributed by atoms with Gasteiger partial charge in [-0.05, 0) is 44.4 Å². The van der Waals surface area contributed by atoms with Crippen molar-refractivity contribution in [2.24, 2.45) is 0 Å². The number of nitrogens with zero attached hydrogens (tertiary/aromatic N) is 3. The number of para-hydroxylation sites is 1. The minimum Gasteiger partial charge on any atom is -0.480 e. The van der Waals surface area contributed by atoms with Crippen molar-refractivity contribution in [2.45, 2.75) is 44.7 Å². The van der Waals surface area contributed by atoms with E-state index in [2.05, 4.69) is 4.90 Å². The highest BCUT2D eigenvalue weighted by atomic mass is 35.5. The fraction of sp³-hybridized carbons (Fsp3) is 0.600. The van der Waals surface area contributed by atoms with Gasteiger partial charge in [0.25, 0.3) is 0 Å². The van der Waals surface area contributed by atoms with Crippen molar-refractivity contribution in [3.63, 3.8) is 0 Å². The Hall–Kier alpha value is -1.34. The van der Waals surface area contributed by atoms with Crippen LogP contribution in [-0.2, 0) is 9.59 Å². The smallest absolute Gasteiger partial charge is 0.317 e. The van der Waals surface area contributed by atoms with Crippen molar-refractivity contribution < 1.29 is 14.7 Å². The van der Waals surface area contributed by atoms with Crippen LogP contribution in [0.25, 0.3) is 0 Å². The Bertz CT molecular complexity index is 680. The summed E-state index contributed by atoms with van der Waals surface area (Å²) in [5.74, 6) is -0.650. The van der Waals surface area contributed by atoms with Crippen molar-refractivity contribution in [1.29, 1.82) is 0 Å². The van der Waals surface area contributed by atoms with Crippen LogP contribution < -0.4 is 4.90 Å². The van der Waals surface area contributed by atoms with Crippen LogP contribution in [0, 0.1) is 0 Å². The second-order valence-electron chi connectivity index (χ2n) is 7.32. The summed E-state index contributed by atoms with van der Waals surface area (Å²) in [6.45, 7) is 5.18. The number of carbonyl (C=O) groups is 2. The molecule has 1 aromatic carbocycles. The maximum atomic E-state index is 13.1. The van der Waals surface area contributed by atoms with Crippen LogP contribution >= 0.6 is 24.0 Å². The molecule has 1 amide bonds. The largest absolute Gasteiger partial charge is 0.480 e.